The number of hydrogen-bond acceptors (Lipinski definition) is 10. The normalized spacial score (nSPS) is 10.7. The summed E-state index contributed by atoms with van der Waals surface area (Å²) in [6, 6.07) is 0. The lowest BCUT2D eigenvalue weighted by Gasteiger charge is -2.04. The standard InChI is InChI=1S/C26H33N3O9S/c1-39(37,38)26-28-17-19(18-29-26)5-3-2-4-6-24(34)27-16-15-23(33)12-11-21(31)8-7-20(30)9-10-22(32)13-14-25(35)36/h17-18H,2,4,6-16H2,1H3,(H,27,34)(H,35,36). The largest absolute Gasteiger partial charge is 0.481 e. The highest BCUT2D eigenvalue weighted by molar-refractivity contribution is 7.90. The van der Waals surface area contributed by atoms with Gasteiger partial charge in [-0.1, -0.05) is 11.8 Å². The fourth-order valence-corrected chi connectivity index (χ4v) is 3.58. The van der Waals surface area contributed by atoms with E-state index in [2.05, 4.69) is 27.1 Å². The zero-order chi connectivity index (χ0) is 29.3. The molecule has 1 aromatic rings. The van der Waals surface area contributed by atoms with E-state index in [0.29, 0.717) is 18.4 Å². The van der Waals surface area contributed by atoms with Gasteiger partial charge in [0.25, 0.3) is 0 Å². The van der Waals surface area contributed by atoms with Crippen molar-refractivity contribution in [3.8, 4) is 11.8 Å². The van der Waals surface area contributed by atoms with Gasteiger partial charge in [0.2, 0.25) is 20.9 Å². The molecule has 12 nitrogen and oxygen atoms in total. The molecule has 2 N–H and O–H groups in total. The predicted molar refractivity (Wildman–Crippen MR) is 138 cm³/mol. The monoisotopic (exact) mass is 563 g/mol. The molecule has 0 unspecified atom stereocenters. The van der Waals surface area contributed by atoms with Crippen LogP contribution in [0.1, 0.15) is 82.6 Å². The molecule has 0 spiro atoms. The van der Waals surface area contributed by atoms with E-state index in [4.69, 9.17) is 5.11 Å². The third kappa shape index (κ3) is 16.6. The van der Waals surface area contributed by atoms with Gasteiger partial charge in [-0.15, -0.1) is 0 Å². The maximum Gasteiger partial charge on any atom is 0.303 e. The Morgan fingerprint density at radius 2 is 1.23 bits per heavy atom. The van der Waals surface area contributed by atoms with Gasteiger partial charge in [0.15, 0.2) is 0 Å². The molecule has 0 aromatic carbocycles. The average Bonchev–Trinajstić information content (AvgIpc) is 2.87. The Bertz CT molecular complexity index is 1210. The summed E-state index contributed by atoms with van der Waals surface area (Å²) in [5.41, 5.74) is 0.455. The molecule has 0 atom stereocenters. The fourth-order valence-electron chi connectivity index (χ4n) is 3.09. The number of rotatable bonds is 19. The number of Topliss-reactive ketones (excluding diaryl/α,β-unsaturated/α-hetero) is 4. The molecule has 0 fully saturated rings. The maximum atomic E-state index is 12.0. The molecule has 1 amide bonds. The number of carbonyl (C=O) groups excluding carboxylic acids is 5. The SMILES string of the molecule is CS(=O)(=O)c1ncc(C#CCCCC(=O)NCCC(=O)CCC(=O)CCC(=O)CCC(=O)CCC(=O)O)cn1. The Kier molecular flexibility index (Phi) is 15.1. The van der Waals surface area contributed by atoms with Crippen LogP contribution in [0.15, 0.2) is 17.6 Å². The van der Waals surface area contributed by atoms with Crippen LogP contribution in [0, 0.1) is 11.8 Å². The number of sulfone groups is 1. The summed E-state index contributed by atoms with van der Waals surface area (Å²) in [6.07, 6.45) is 4.33. The topological polar surface area (TPSA) is 195 Å². The second kappa shape index (κ2) is 17.7. The molecule has 13 heteroatoms. The average molecular weight is 564 g/mol. The van der Waals surface area contributed by atoms with E-state index in [0.717, 1.165) is 6.26 Å². The zero-order valence-electron chi connectivity index (χ0n) is 21.9. The van der Waals surface area contributed by atoms with Crippen LogP contribution in [-0.2, 0) is 38.6 Å². The van der Waals surface area contributed by atoms with Crippen LogP contribution < -0.4 is 5.32 Å². The Morgan fingerprint density at radius 3 is 1.69 bits per heavy atom. The molecule has 0 aliphatic rings. The van der Waals surface area contributed by atoms with Crippen molar-refractivity contribution >= 4 is 44.8 Å². The number of carboxylic acid groups (broad SMARTS) is 1. The molecule has 1 aromatic heterocycles. The van der Waals surface area contributed by atoms with Crippen LogP contribution in [0.3, 0.4) is 0 Å². The first-order valence-electron chi connectivity index (χ1n) is 12.4. The fraction of sp³-hybridized carbons (Fsp3) is 0.538. The quantitative estimate of drug-likeness (QED) is 0.140. The van der Waals surface area contributed by atoms with Crippen LogP contribution in [0.4, 0.5) is 0 Å². The predicted octanol–water partition coefficient (Wildman–Crippen LogP) is 1.39. The van der Waals surface area contributed by atoms with Gasteiger partial charge in [-0.3, -0.25) is 28.8 Å². The number of unbranched alkanes of at least 4 members (excludes halogenated alkanes) is 1. The minimum Gasteiger partial charge on any atom is -0.481 e. The number of ketones is 4. The molecule has 0 saturated heterocycles. The summed E-state index contributed by atoms with van der Waals surface area (Å²) in [5.74, 6) is 3.33. The zero-order valence-corrected chi connectivity index (χ0v) is 22.7. The number of hydrogen-bond donors (Lipinski definition) is 2. The highest BCUT2D eigenvalue weighted by Gasteiger charge is 2.13. The second-order valence-electron chi connectivity index (χ2n) is 8.83. The molecule has 0 aliphatic carbocycles. The van der Waals surface area contributed by atoms with Crippen molar-refractivity contribution in [2.45, 2.75) is 82.2 Å². The molecular weight excluding hydrogens is 530 g/mol. The molecular formula is C26H33N3O9S. The highest BCUT2D eigenvalue weighted by atomic mass is 32.2. The third-order valence-corrected chi connectivity index (χ3v) is 6.16. The molecule has 1 heterocycles. The lowest BCUT2D eigenvalue weighted by atomic mass is 10.0. The van der Waals surface area contributed by atoms with Gasteiger partial charge in [0.1, 0.15) is 23.1 Å². The van der Waals surface area contributed by atoms with E-state index in [1.54, 1.807) is 0 Å². The van der Waals surface area contributed by atoms with Gasteiger partial charge < -0.3 is 10.4 Å². The Labute approximate surface area is 227 Å². The maximum absolute atomic E-state index is 12.0. The van der Waals surface area contributed by atoms with Crippen molar-refractivity contribution in [2.75, 3.05) is 12.8 Å². The van der Waals surface area contributed by atoms with Gasteiger partial charge in [0, 0.05) is 89.4 Å². The molecule has 0 saturated carbocycles. The minimum atomic E-state index is -3.47. The van der Waals surface area contributed by atoms with Crippen molar-refractivity contribution in [3.05, 3.63) is 18.0 Å². The second-order valence-corrected chi connectivity index (χ2v) is 10.7. The number of nitrogens with zero attached hydrogens (tertiary/aromatic N) is 2. The molecule has 39 heavy (non-hydrogen) atoms. The van der Waals surface area contributed by atoms with Crippen molar-refractivity contribution in [2.24, 2.45) is 0 Å². The number of aromatic nitrogens is 2. The Morgan fingerprint density at radius 1 is 0.769 bits per heavy atom. The Balaban J connectivity index is 2.12. The number of aliphatic carboxylic acids is 1. The smallest absolute Gasteiger partial charge is 0.303 e. The lowest BCUT2D eigenvalue weighted by Crippen LogP contribution is -2.25. The van der Waals surface area contributed by atoms with Gasteiger partial charge in [0.05, 0.1) is 12.0 Å². The van der Waals surface area contributed by atoms with Gasteiger partial charge in [-0.2, -0.15) is 0 Å². The van der Waals surface area contributed by atoms with Crippen molar-refractivity contribution in [3.63, 3.8) is 0 Å². The first kappa shape index (κ1) is 33.2. The van der Waals surface area contributed by atoms with E-state index < -0.39 is 15.8 Å². The van der Waals surface area contributed by atoms with Crippen LogP contribution in [-0.4, -0.2) is 71.3 Å². The lowest BCUT2D eigenvalue weighted by molar-refractivity contribution is -0.138. The number of amides is 1. The summed E-state index contributed by atoms with van der Waals surface area (Å²) in [5, 5.41) is 10.9. The summed E-state index contributed by atoms with van der Waals surface area (Å²) >= 11 is 0. The van der Waals surface area contributed by atoms with Crippen molar-refractivity contribution in [1.29, 1.82) is 0 Å². The molecule has 0 bridgehead atoms. The van der Waals surface area contributed by atoms with Crippen LogP contribution in [0.2, 0.25) is 0 Å². The van der Waals surface area contributed by atoms with Crippen LogP contribution in [0.5, 0.6) is 0 Å². The molecule has 0 radical (unpaired) electrons. The number of carbonyl (C=O) groups is 6. The highest BCUT2D eigenvalue weighted by Crippen LogP contribution is 2.07. The van der Waals surface area contributed by atoms with E-state index in [1.807, 2.05) is 0 Å². The van der Waals surface area contributed by atoms with Gasteiger partial charge in [-0.05, 0) is 6.42 Å². The summed E-state index contributed by atoms with van der Waals surface area (Å²) in [7, 11) is -3.47. The van der Waals surface area contributed by atoms with E-state index in [9.17, 15) is 37.2 Å². The third-order valence-electron chi connectivity index (χ3n) is 5.29. The number of carboxylic acids is 1. The first-order chi connectivity index (χ1) is 18.4. The molecule has 1 rings (SSSR count). The molecule has 212 valence electrons. The van der Waals surface area contributed by atoms with E-state index in [-0.39, 0.29) is 105 Å². The summed E-state index contributed by atoms with van der Waals surface area (Å²) < 4.78 is 22.6. The van der Waals surface area contributed by atoms with Gasteiger partial charge >= 0.3 is 5.97 Å². The minimum absolute atomic E-state index is 0.00169. The van der Waals surface area contributed by atoms with Crippen molar-refractivity contribution in [1.82, 2.24) is 15.3 Å². The summed E-state index contributed by atoms with van der Waals surface area (Å²) in [4.78, 5) is 76.9. The van der Waals surface area contributed by atoms with E-state index in [1.165, 1.54) is 12.4 Å². The van der Waals surface area contributed by atoms with Gasteiger partial charge in [-0.25, -0.2) is 18.4 Å². The van der Waals surface area contributed by atoms with Crippen LogP contribution in [0.25, 0.3) is 0 Å². The van der Waals surface area contributed by atoms with Crippen molar-refractivity contribution < 1.29 is 42.3 Å². The van der Waals surface area contributed by atoms with Crippen LogP contribution >= 0.6 is 0 Å². The number of nitrogens with one attached hydrogen (secondary N) is 1. The van der Waals surface area contributed by atoms with E-state index >= 15 is 0 Å². The molecule has 0 aliphatic heterocycles. The Hall–Kier alpha value is -3.79. The first-order valence-corrected chi connectivity index (χ1v) is 14.3. The summed E-state index contributed by atoms with van der Waals surface area (Å²) in [6.45, 7) is 0.149.